The molecule has 0 atom stereocenters. The van der Waals surface area contributed by atoms with E-state index in [0.717, 1.165) is 0 Å². The van der Waals surface area contributed by atoms with Gasteiger partial charge in [-0.15, -0.1) is 0 Å². The van der Waals surface area contributed by atoms with E-state index in [2.05, 4.69) is 5.32 Å². The molecule has 2 rings (SSSR count). The zero-order valence-corrected chi connectivity index (χ0v) is 10.0. The molecule has 0 fully saturated rings. The average Bonchev–Trinajstić information content (AvgIpc) is 2.43. The van der Waals surface area contributed by atoms with Crippen LogP contribution in [0.4, 0.5) is 0 Å². The van der Waals surface area contributed by atoms with Gasteiger partial charge in [0.1, 0.15) is 13.2 Å². The van der Waals surface area contributed by atoms with Gasteiger partial charge in [-0.05, 0) is 18.2 Å². The smallest absolute Gasteiger partial charge is 0.251 e. The lowest BCUT2D eigenvalue weighted by molar-refractivity contribution is 0.0956. The molecular formula is C13H16N2O3. The van der Waals surface area contributed by atoms with Crippen molar-refractivity contribution in [3.8, 4) is 11.5 Å². The number of nitrogens with one attached hydrogen (secondary N) is 1. The largest absolute Gasteiger partial charge is 0.486 e. The fourth-order valence-electron chi connectivity index (χ4n) is 1.62. The van der Waals surface area contributed by atoms with Crippen LogP contribution in [-0.2, 0) is 0 Å². The van der Waals surface area contributed by atoms with Crippen LogP contribution in [0.3, 0.4) is 0 Å². The van der Waals surface area contributed by atoms with E-state index in [1.807, 2.05) is 6.08 Å². The number of carbonyl (C=O) groups excluding carboxylic acids is 1. The Balaban J connectivity index is 2.00. The molecule has 96 valence electrons. The first-order chi connectivity index (χ1) is 8.81. The van der Waals surface area contributed by atoms with Crippen LogP contribution >= 0.6 is 0 Å². The Kier molecular flexibility index (Phi) is 4.20. The molecule has 1 aromatic carbocycles. The van der Waals surface area contributed by atoms with Crippen molar-refractivity contribution in [2.24, 2.45) is 5.73 Å². The minimum absolute atomic E-state index is 0.145. The number of hydrogen-bond donors (Lipinski definition) is 2. The molecular weight excluding hydrogens is 232 g/mol. The normalized spacial score (nSPS) is 13.6. The fraction of sp³-hybridized carbons (Fsp3) is 0.308. The Hall–Kier alpha value is -2.01. The number of nitrogens with two attached hydrogens (primary N) is 1. The third kappa shape index (κ3) is 3.01. The molecule has 0 saturated carbocycles. The maximum atomic E-state index is 11.8. The van der Waals surface area contributed by atoms with Crippen molar-refractivity contribution in [1.29, 1.82) is 0 Å². The average molecular weight is 248 g/mol. The first-order valence-electron chi connectivity index (χ1n) is 5.84. The van der Waals surface area contributed by atoms with E-state index in [9.17, 15) is 4.79 Å². The minimum Gasteiger partial charge on any atom is -0.486 e. The third-order valence-electron chi connectivity index (χ3n) is 2.49. The van der Waals surface area contributed by atoms with Crippen molar-refractivity contribution in [3.05, 3.63) is 35.9 Å². The van der Waals surface area contributed by atoms with E-state index in [0.29, 0.717) is 43.4 Å². The molecule has 1 heterocycles. The molecule has 3 N–H and O–H groups in total. The number of amides is 1. The number of hydrogen-bond acceptors (Lipinski definition) is 4. The second kappa shape index (κ2) is 6.07. The zero-order valence-electron chi connectivity index (χ0n) is 10.0. The number of fused-ring (bicyclic) bond motifs is 1. The van der Waals surface area contributed by atoms with Gasteiger partial charge in [0, 0.05) is 18.7 Å². The predicted octanol–water partition coefficient (Wildman–Crippen LogP) is 0.702. The summed E-state index contributed by atoms with van der Waals surface area (Å²) in [6.07, 6.45) is 3.61. The van der Waals surface area contributed by atoms with Crippen molar-refractivity contribution in [3.63, 3.8) is 0 Å². The number of rotatable bonds is 4. The number of benzene rings is 1. The highest BCUT2D eigenvalue weighted by Crippen LogP contribution is 2.30. The highest BCUT2D eigenvalue weighted by molar-refractivity contribution is 5.95. The van der Waals surface area contributed by atoms with E-state index in [1.54, 1.807) is 24.3 Å². The van der Waals surface area contributed by atoms with Crippen LogP contribution in [0, 0.1) is 0 Å². The molecule has 5 heteroatoms. The van der Waals surface area contributed by atoms with Crippen molar-refractivity contribution in [1.82, 2.24) is 5.32 Å². The van der Waals surface area contributed by atoms with Gasteiger partial charge in [0.2, 0.25) is 0 Å². The minimum atomic E-state index is -0.145. The Morgan fingerprint density at radius 3 is 2.83 bits per heavy atom. The van der Waals surface area contributed by atoms with Crippen LogP contribution < -0.4 is 20.5 Å². The molecule has 0 aromatic heterocycles. The first kappa shape index (κ1) is 12.4. The molecule has 0 spiro atoms. The van der Waals surface area contributed by atoms with Crippen LogP contribution in [0.2, 0.25) is 0 Å². The van der Waals surface area contributed by atoms with E-state index in [1.165, 1.54) is 0 Å². The zero-order chi connectivity index (χ0) is 12.8. The summed E-state index contributed by atoms with van der Waals surface area (Å²) >= 11 is 0. The summed E-state index contributed by atoms with van der Waals surface area (Å²) in [7, 11) is 0. The van der Waals surface area contributed by atoms with Crippen LogP contribution in [0.5, 0.6) is 11.5 Å². The summed E-state index contributed by atoms with van der Waals surface area (Å²) < 4.78 is 10.8. The molecule has 0 radical (unpaired) electrons. The Morgan fingerprint density at radius 2 is 2.06 bits per heavy atom. The standard InChI is InChI=1S/C13H16N2O3/c14-5-1-2-6-15-13(16)10-3-4-11-12(9-10)18-8-7-17-11/h1-4,9H,5-8,14H2,(H,15,16)/b2-1+. The van der Waals surface area contributed by atoms with Gasteiger partial charge in [-0.1, -0.05) is 12.2 Å². The second-order valence-electron chi connectivity index (χ2n) is 3.78. The van der Waals surface area contributed by atoms with Crippen molar-refractivity contribution in [2.45, 2.75) is 0 Å². The predicted molar refractivity (Wildman–Crippen MR) is 68.0 cm³/mol. The second-order valence-corrected chi connectivity index (χ2v) is 3.78. The highest BCUT2D eigenvalue weighted by Gasteiger charge is 2.14. The molecule has 1 aliphatic rings. The van der Waals surface area contributed by atoms with Crippen molar-refractivity contribution >= 4 is 5.91 Å². The van der Waals surface area contributed by atoms with Gasteiger partial charge in [0.05, 0.1) is 0 Å². The number of carbonyl (C=O) groups is 1. The lowest BCUT2D eigenvalue weighted by atomic mass is 10.2. The van der Waals surface area contributed by atoms with Gasteiger partial charge in [-0.25, -0.2) is 0 Å². The molecule has 5 nitrogen and oxygen atoms in total. The lowest BCUT2D eigenvalue weighted by Crippen LogP contribution is -2.24. The van der Waals surface area contributed by atoms with E-state index in [-0.39, 0.29) is 5.91 Å². The lowest BCUT2D eigenvalue weighted by Gasteiger charge is -2.18. The molecule has 18 heavy (non-hydrogen) atoms. The Bertz CT molecular complexity index is 458. The molecule has 1 aliphatic heterocycles. The maximum absolute atomic E-state index is 11.8. The topological polar surface area (TPSA) is 73.6 Å². The first-order valence-corrected chi connectivity index (χ1v) is 5.84. The summed E-state index contributed by atoms with van der Waals surface area (Å²) in [5.41, 5.74) is 5.86. The van der Waals surface area contributed by atoms with Gasteiger partial charge in [-0.2, -0.15) is 0 Å². The molecule has 1 amide bonds. The number of ether oxygens (including phenoxy) is 2. The van der Waals surface area contributed by atoms with E-state index in [4.69, 9.17) is 15.2 Å². The van der Waals surface area contributed by atoms with E-state index >= 15 is 0 Å². The highest BCUT2D eigenvalue weighted by atomic mass is 16.6. The van der Waals surface area contributed by atoms with Crippen LogP contribution in [0.25, 0.3) is 0 Å². The summed E-state index contributed by atoms with van der Waals surface area (Å²) in [6, 6.07) is 5.16. The van der Waals surface area contributed by atoms with Gasteiger partial charge < -0.3 is 20.5 Å². The Morgan fingerprint density at radius 1 is 1.28 bits per heavy atom. The summed E-state index contributed by atoms with van der Waals surface area (Å²) in [5.74, 6) is 1.15. The van der Waals surface area contributed by atoms with Crippen molar-refractivity contribution < 1.29 is 14.3 Å². The quantitative estimate of drug-likeness (QED) is 0.769. The van der Waals surface area contributed by atoms with Gasteiger partial charge >= 0.3 is 0 Å². The van der Waals surface area contributed by atoms with Crippen LogP contribution in [0.15, 0.2) is 30.4 Å². The van der Waals surface area contributed by atoms with Gasteiger partial charge in [0.15, 0.2) is 11.5 Å². The third-order valence-corrected chi connectivity index (χ3v) is 2.49. The maximum Gasteiger partial charge on any atom is 0.251 e. The molecule has 1 aromatic rings. The molecule has 0 bridgehead atoms. The molecule has 0 unspecified atom stereocenters. The van der Waals surface area contributed by atoms with Crippen LogP contribution in [-0.4, -0.2) is 32.2 Å². The SMILES string of the molecule is NC/C=C/CNC(=O)c1ccc2c(c1)OCCO2. The summed E-state index contributed by atoms with van der Waals surface area (Å²) in [5, 5.41) is 2.76. The van der Waals surface area contributed by atoms with Crippen LogP contribution in [0.1, 0.15) is 10.4 Å². The summed E-state index contributed by atoms with van der Waals surface area (Å²) in [4.78, 5) is 11.8. The fourth-order valence-corrected chi connectivity index (χ4v) is 1.62. The van der Waals surface area contributed by atoms with E-state index < -0.39 is 0 Å². The van der Waals surface area contributed by atoms with Gasteiger partial charge in [0.25, 0.3) is 5.91 Å². The summed E-state index contributed by atoms with van der Waals surface area (Å²) in [6.45, 7) is 1.99. The molecule has 0 aliphatic carbocycles. The monoisotopic (exact) mass is 248 g/mol. The van der Waals surface area contributed by atoms with Crippen molar-refractivity contribution in [2.75, 3.05) is 26.3 Å². The molecule has 0 saturated heterocycles. The van der Waals surface area contributed by atoms with Gasteiger partial charge in [-0.3, -0.25) is 4.79 Å². The Labute approximate surface area is 106 Å².